The molecule has 0 spiro atoms. The maximum absolute atomic E-state index is 10.9. The summed E-state index contributed by atoms with van der Waals surface area (Å²) in [6.45, 7) is 5.61. The normalized spacial score (nSPS) is 10.4. The van der Waals surface area contributed by atoms with Gasteiger partial charge in [0.25, 0.3) is 0 Å². The summed E-state index contributed by atoms with van der Waals surface area (Å²) >= 11 is 0. The lowest BCUT2D eigenvalue weighted by molar-refractivity contribution is -0.134. The number of carbonyl (C=O) groups is 1. The van der Waals surface area contributed by atoms with Gasteiger partial charge in [-0.15, -0.1) is 0 Å². The number of nitrogen functional groups attached to an aromatic ring is 1. The number of nitrogens with zero attached hydrogens (tertiary/aromatic N) is 1. The molecule has 0 atom stereocenters. The molecule has 0 saturated carbocycles. The predicted octanol–water partition coefficient (Wildman–Crippen LogP) is 1.88. The molecular formula is C12H14N2O2. The highest BCUT2D eigenvalue weighted by Gasteiger charge is 2.04. The zero-order valence-corrected chi connectivity index (χ0v) is 9.36. The number of ether oxygens (including phenoxy) is 1. The molecule has 1 aromatic rings. The van der Waals surface area contributed by atoms with Gasteiger partial charge in [0.15, 0.2) is 0 Å². The number of nitrogens with two attached hydrogens (primary N) is 1. The fourth-order valence-corrected chi connectivity index (χ4v) is 1.20. The fourth-order valence-electron chi connectivity index (χ4n) is 1.20. The van der Waals surface area contributed by atoms with Crippen LogP contribution in [-0.2, 0) is 9.53 Å². The number of methoxy groups -OCH3 is 1. The molecule has 16 heavy (non-hydrogen) atoms. The summed E-state index contributed by atoms with van der Waals surface area (Å²) in [7, 11) is 1.32. The average molecular weight is 218 g/mol. The minimum atomic E-state index is -0.423. The van der Waals surface area contributed by atoms with Crippen LogP contribution in [0.2, 0.25) is 0 Å². The van der Waals surface area contributed by atoms with Crippen molar-refractivity contribution >= 4 is 23.3 Å². The third-order valence-corrected chi connectivity index (χ3v) is 2.03. The number of aromatic nitrogens is 1. The molecule has 0 fully saturated rings. The molecule has 0 unspecified atom stereocenters. The molecule has 1 heterocycles. The number of esters is 1. The van der Waals surface area contributed by atoms with Gasteiger partial charge < -0.3 is 10.5 Å². The Labute approximate surface area is 94.4 Å². The summed E-state index contributed by atoms with van der Waals surface area (Å²) in [5.74, 6) is -0.423. The van der Waals surface area contributed by atoms with Crippen LogP contribution in [0.1, 0.15) is 18.2 Å². The molecule has 84 valence electrons. The molecule has 1 aromatic heterocycles. The molecule has 0 bridgehead atoms. The van der Waals surface area contributed by atoms with Crippen LogP contribution in [0.15, 0.2) is 24.9 Å². The predicted molar refractivity (Wildman–Crippen MR) is 64.4 cm³/mol. The van der Waals surface area contributed by atoms with Crippen molar-refractivity contribution in [3.63, 3.8) is 0 Å². The summed E-state index contributed by atoms with van der Waals surface area (Å²) in [5, 5.41) is 0. The second-order valence-corrected chi connectivity index (χ2v) is 3.30. The molecular weight excluding hydrogens is 204 g/mol. The molecule has 0 aliphatic rings. The first-order chi connectivity index (χ1) is 7.56. The van der Waals surface area contributed by atoms with Crippen LogP contribution < -0.4 is 5.73 Å². The first-order valence-corrected chi connectivity index (χ1v) is 4.72. The summed E-state index contributed by atoms with van der Waals surface area (Å²) in [5.41, 5.74) is 8.54. The van der Waals surface area contributed by atoms with Crippen LogP contribution in [0, 0.1) is 0 Å². The smallest absolute Gasteiger partial charge is 0.330 e. The lowest BCUT2D eigenvalue weighted by atomic mass is 10.1. The van der Waals surface area contributed by atoms with Gasteiger partial charge in [-0.1, -0.05) is 6.58 Å². The highest BCUT2D eigenvalue weighted by atomic mass is 16.5. The molecule has 0 amide bonds. The Morgan fingerprint density at radius 2 is 2.31 bits per heavy atom. The summed E-state index contributed by atoms with van der Waals surface area (Å²) in [6, 6.07) is 1.72. The standard InChI is InChI=1S/C12H14N2O2/c1-8(2)12-11(13)9(6-7-14-12)4-5-10(15)16-3/h4-7H,1,13H2,2-3H3/b5-4+. The maximum atomic E-state index is 10.9. The number of hydrogen-bond donors (Lipinski definition) is 1. The second kappa shape index (κ2) is 5.11. The van der Waals surface area contributed by atoms with E-state index < -0.39 is 5.97 Å². The van der Waals surface area contributed by atoms with E-state index in [0.29, 0.717) is 11.4 Å². The van der Waals surface area contributed by atoms with E-state index in [-0.39, 0.29) is 0 Å². The summed E-state index contributed by atoms with van der Waals surface area (Å²) in [6.07, 6.45) is 4.53. The van der Waals surface area contributed by atoms with Crippen molar-refractivity contribution in [3.05, 3.63) is 36.2 Å². The third-order valence-electron chi connectivity index (χ3n) is 2.03. The van der Waals surface area contributed by atoms with E-state index in [4.69, 9.17) is 5.73 Å². The van der Waals surface area contributed by atoms with Gasteiger partial charge in [-0.2, -0.15) is 0 Å². The minimum Gasteiger partial charge on any atom is -0.466 e. The molecule has 2 N–H and O–H groups in total. The van der Waals surface area contributed by atoms with E-state index in [1.54, 1.807) is 18.3 Å². The zero-order chi connectivity index (χ0) is 12.1. The lowest BCUT2D eigenvalue weighted by Crippen LogP contribution is -1.99. The van der Waals surface area contributed by atoms with E-state index >= 15 is 0 Å². The van der Waals surface area contributed by atoms with Gasteiger partial charge in [-0.25, -0.2) is 4.79 Å². The van der Waals surface area contributed by atoms with Crippen LogP contribution in [0.25, 0.3) is 11.6 Å². The van der Waals surface area contributed by atoms with Gasteiger partial charge >= 0.3 is 5.97 Å². The average Bonchev–Trinajstić information content (AvgIpc) is 2.26. The van der Waals surface area contributed by atoms with E-state index in [9.17, 15) is 4.79 Å². The molecule has 0 radical (unpaired) electrons. The van der Waals surface area contributed by atoms with Crippen LogP contribution in [-0.4, -0.2) is 18.1 Å². The van der Waals surface area contributed by atoms with E-state index in [1.165, 1.54) is 13.2 Å². The Hall–Kier alpha value is -2.10. The van der Waals surface area contributed by atoms with Crippen molar-refractivity contribution in [3.8, 4) is 0 Å². The monoisotopic (exact) mass is 218 g/mol. The Morgan fingerprint density at radius 3 is 2.88 bits per heavy atom. The van der Waals surface area contributed by atoms with E-state index in [1.807, 2.05) is 6.92 Å². The Morgan fingerprint density at radius 1 is 1.62 bits per heavy atom. The fraction of sp³-hybridized carbons (Fsp3) is 0.167. The Bertz CT molecular complexity index is 450. The highest BCUT2D eigenvalue weighted by Crippen LogP contribution is 2.21. The number of allylic oxidation sites excluding steroid dienone is 1. The Kier molecular flexibility index (Phi) is 3.83. The van der Waals surface area contributed by atoms with Gasteiger partial charge in [0.1, 0.15) is 0 Å². The Balaban J connectivity index is 3.07. The maximum Gasteiger partial charge on any atom is 0.330 e. The second-order valence-electron chi connectivity index (χ2n) is 3.30. The van der Waals surface area contributed by atoms with Crippen molar-refractivity contribution < 1.29 is 9.53 Å². The van der Waals surface area contributed by atoms with Crippen LogP contribution in [0.4, 0.5) is 5.69 Å². The van der Waals surface area contributed by atoms with Gasteiger partial charge in [0, 0.05) is 17.8 Å². The van der Waals surface area contributed by atoms with Crippen molar-refractivity contribution in [1.29, 1.82) is 0 Å². The van der Waals surface area contributed by atoms with Crippen molar-refractivity contribution in [2.75, 3.05) is 12.8 Å². The van der Waals surface area contributed by atoms with Crippen molar-refractivity contribution in [2.45, 2.75) is 6.92 Å². The zero-order valence-electron chi connectivity index (χ0n) is 9.36. The van der Waals surface area contributed by atoms with Crippen molar-refractivity contribution in [2.24, 2.45) is 0 Å². The number of carbonyl (C=O) groups excluding carboxylic acids is 1. The van der Waals surface area contributed by atoms with Crippen LogP contribution >= 0.6 is 0 Å². The summed E-state index contributed by atoms with van der Waals surface area (Å²) < 4.78 is 4.49. The topological polar surface area (TPSA) is 65.2 Å². The van der Waals surface area contributed by atoms with Gasteiger partial charge in [0.05, 0.1) is 18.5 Å². The van der Waals surface area contributed by atoms with E-state index in [2.05, 4.69) is 16.3 Å². The lowest BCUT2D eigenvalue weighted by Gasteiger charge is -2.06. The largest absolute Gasteiger partial charge is 0.466 e. The summed E-state index contributed by atoms with van der Waals surface area (Å²) in [4.78, 5) is 15.0. The highest BCUT2D eigenvalue weighted by molar-refractivity contribution is 5.89. The van der Waals surface area contributed by atoms with Gasteiger partial charge in [0.2, 0.25) is 0 Å². The molecule has 4 heteroatoms. The molecule has 4 nitrogen and oxygen atoms in total. The molecule has 0 aliphatic heterocycles. The first kappa shape index (κ1) is 12.0. The number of anilines is 1. The van der Waals surface area contributed by atoms with Crippen LogP contribution in [0.3, 0.4) is 0 Å². The quantitative estimate of drug-likeness (QED) is 0.621. The van der Waals surface area contributed by atoms with Gasteiger partial charge in [-0.05, 0) is 24.6 Å². The third kappa shape index (κ3) is 2.70. The minimum absolute atomic E-state index is 0.423. The molecule has 0 aliphatic carbocycles. The molecule has 1 rings (SSSR count). The number of rotatable bonds is 3. The number of hydrogen-bond acceptors (Lipinski definition) is 4. The first-order valence-electron chi connectivity index (χ1n) is 4.72. The molecule has 0 aromatic carbocycles. The van der Waals surface area contributed by atoms with Crippen LogP contribution in [0.5, 0.6) is 0 Å². The number of pyridine rings is 1. The SMILES string of the molecule is C=C(C)c1nccc(/C=C/C(=O)OC)c1N. The van der Waals surface area contributed by atoms with E-state index in [0.717, 1.165) is 11.1 Å². The molecule has 0 saturated heterocycles. The van der Waals surface area contributed by atoms with Crippen molar-refractivity contribution in [1.82, 2.24) is 4.98 Å². The van der Waals surface area contributed by atoms with Gasteiger partial charge in [-0.3, -0.25) is 4.98 Å².